The Morgan fingerprint density at radius 2 is 1.82 bits per heavy atom. The molecular weight excluding hydrogens is 216 g/mol. The maximum absolute atomic E-state index is 11.1. The molecular formula is C13H18N2O2. The fourth-order valence-corrected chi connectivity index (χ4v) is 2.47. The molecule has 0 N–H and O–H groups in total. The summed E-state index contributed by atoms with van der Waals surface area (Å²) in [5.74, 6) is 0. The van der Waals surface area contributed by atoms with Gasteiger partial charge in [-0.3, -0.25) is 0 Å². The van der Waals surface area contributed by atoms with Crippen molar-refractivity contribution in [2.75, 3.05) is 0 Å². The van der Waals surface area contributed by atoms with Crippen molar-refractivity contribution < 1.29 is 5.03 Å². The van der Waals surface area contributed by atoms with Crippen LogP contribution in [0.4, 0.5) is 0 Å². The van der Waals surface area contributed by atoms with Crippen molar-refractivity contribution >= 4 is 0 Å². The first kappa shape index (κ1) is 11.9. The van der Waals surface area contributed by atoms with E-state index in [-0.39, 0.29) is 11.1 Å². The van der Waals surface area contributed by atoms with E-state index in [1.807, 2.05) is 30.3 Å². The third-order valence-corrected chi connectivity index (χ3v) is 3.39. The molecule has 1 fully saturated rings. The van der Waals surface area contributed by atoms with Gasteiger partial charge in [-0.25, -0.2) is 10.1 Å². The van der Waals surface area contributed by atoms with Gasteiger partial charge in [-0.1, -0.05) is 49.6 Å². The summed E-state index contributed by atoms with van der Waals surface area (Å²) in [6.45, 7) is 0.415. The molecule has 1 aromatic carbocycles. The minimum Gasteiger partial charge on any atom is -0.235 e. The van der Waals surface area contributed by atoms with Crippen molar-refractivity contribution in [2.24, 2.45) is 0 Å². The molecule has 1 aliphatic rings. The summed E-state index contributed by atoms with van der Waals surface area (Å²) in [7, 11) is 0. The predicted molar refractivity (Wildman–Crippen MR) is 65.9 cm³/mol. The van der Waals surface area contributed by atoms with Gasteiger partial charge in [0.15, 0.2) is 5.03 Å². The zero-order valence-electron chi connectivity index (χ0n) is 9.92. The number of nitro groups is 1. The van der Waals surface area contributed by atoms with Gasteiger partial charge in [0.05, 0.1) is 6.04 Å². The smallest absolute Gasteiger partial charge is 0.160 e. The molecule has 0 amide bonds. The minimum atomic E-state index is -0.233. The molecule has 0 spiro atoms. The molecule has 0 aromatic heterocycles. The van der Waals surface area contributed by atoms with E-state index < -0.39 is 0 Å². The maximum Gasteiger partial charge on any atom is 0.160 e. The SMILES string of the molecule is O=[N+]([O-])N(Cc1ccccc1)C1CCCCC1. The Hall–Kier alpha value is -1.58. The van der Waals surface area contributed by atoms with Crippen LogP contribution in [0.15, 0.2) is 30.3 Å². The van der Waals surface area contributed by atoms with E-state index in [4.69, 9.17) is 0 Å². The zero-order chi connectivity index (χ0) is 12.1. The van der Waals surface area contributed by atoms with Gasteiger partial charge in [-0.2, -0.15) is 0 Å². The van der Waals surface area contributed by atoms with Crippen LogP contribution in [-0.4, -0.2) is 16.1 Å². The highest BCUT2D eigenvalue weighted by Gasteiger charge is 2.27. The fraction of sp³-hybridized carbons (Fsp3) is 0.538. The molecule has 4 nitrogen and oxygen atoms in total. The summed E-state index contributed by atoms with van der Waals surface area (Å²) in [6.07, 6.45) is 5.35. The van der Waals surface area contributed by atoms with Crippen LogP contribution < -0.4 is 0 Å². The lowest BCUT2D eigenvalue weighted by Crippen LogP contribution is -2.40. The van der Waals surface area contributed by atoms with Crippen molar-refractivity contribution in [1.82, 2.24) is 5.01 Å². The molecule has 0 unspecified atom stereocenters. The second kappa shape index (κ2) is 5.66. The molecule has 0 aliphatic heterocycles. The molecule has 0 radical (unpaired) electrons. The molecule has 2 rings (SSSR count). The van der Waals surface area contributed by atoms with Crippen LogP contribution >= 0.6 is 0 Å². The highest BCUT2D eigenvalue weighted by atomic mass is 16.7. The number of nitrogens with zero attached hydrogens (tertiary/aromatic N) is 2. The van der Waals surface area contributed by atoms with Crippen molar-refractivity contribution in [3.8, 4) is 0 Å². The number of hydrogen-bond acceptors (Lipinski definition) is 2. The van der Waals surface area contributed by atoms with E-state index in [1.54, 1.807) is 0 Å². The van der Waals surface area contributed by atoms with Crippen LogP contribution in [0.5, 0.6) is 0 Å². The summed E-state index contributed by atoms with van der Waals surface area (Å²) < 4.78 is 0. The molecule has 17 heavy (non-hydrogen) atoms. The molecule has 0 bridgehead atoms. The first-order valence-electron chi connectivity index (χ1n) is 6.22. The average molecular weight is 234 g/mol. The third kappa shape index (κ3) is 3.19. The number of hydrazine groups is 1. The first-order valence-corrected chi connectivity index (χ1v) is 6.22. The van der Waals surface area contributed by atoms with Gasteiger partial charge in [0.2, 0.25) is 0 Å². The van der Waals surface area contributed by atoms with E-state index in [2.05, 4.69) is 0 Å². The molecule has 0 heterocycles. The lowest BCUT2D eigenvalue weighted by atomic mass is 9.95. The lowest BCUT2D eigenvalue weighted by molar-refractivity contribution is -0.669. The molecule has 0 atom stereocenters. The van der Waals surface area contributed by atoms with Crippen LogP contribution in [0.25, 0.3) is 0 Å². The Labute approximate surface area is 101 Å². The fourth-order valence-electron chi connectivity index (χ4n) is 2.47. The van der Waals surface area contributed by atoms with Crippen LogP contribution in [0, 0.1) is 10.1 Å². The maximum atomic E-state index is 11.1. The molecule has 92 valence electrons. The van der Waals surface area contributed by atoms with Crippen molar-refractivity contribution in [3.63, 3.8) is 0 Å². The Morgan fingerprint density at radius 3 is 2.41 bits per heavy atom. The van der Waals surface area contributed by atoms with E-state index in [9.17, 15) is 10.1 Å². The van der Waals surface area contributed by atoms with Gasteiger partial charge in [0.25, 0.3) is 0 Å². The highest BCUT2D eigenvalue weighted by molar-refractivity contribution is 5.14. The summed E-state index contributed by atoms with van der Waals surface area (Å²) >= 11 is 0. The quantitative estimate of drug-likeness (QED) is 0.594. The van der Waals surface area contributed by atoms with E-state index >= 15 is 0 Å². The predicted octanol–water partition coefficient (Wildman–Crippen LogP) is 3.01. The minimum absolute atomic E-state index is 0.110. The van der Waals surface area contributed by atoms with E-state index in [0.29, 0.717) is 6.54 Å². The van der Waals surface area contributed by atoms with Crippen LogP contribution in [-0.2, 0) is 6.54 Å². The van der Waals surface area contributed by atoms with Gasteiger partial charge in [-0.15, -0.1) is 5.01 Å². The van der Waals surface area contributed by atoms with Gasteiger partial charge in [-0.05, 0) is 18.4 Å². The number of benzene rings is 1. The number of hydrogen-bond donors (Lipinski definition) is 0. The van der Waals surface area contributed by atoms with Crippen molar-refractivity contribution in [1.29, 1.82) is 0 Å². The molecule has 1 saturated carbocycles. The van der Waals surface area contributed by atoms with E-state index in [1.165, 1.54) is 11.4 Å². The highest BCUT2D eigenvalue weighted by Crippen LogP contribution is 2.23. The average Bonchev–Trinajstić information content (AvgIpc) is 2.38. The third-order valence-electron chi connectivity index (χ3n) is 3.39. The van der Waals surface area contributed by atoms with Crippen molar-refractivity contribution in [3.05, 3.63) is 46.0 Å². The lowest BCUT2D eigenvalue weighted by Gasteiger charge is -2.27. The standard InChI is InChI=1S/C13H18N2O2/c16-15(17)14(13-9-5-2-6-10-13)11-12-7-3-1-4-8-12/h1,3-4,7-8,13H,2,5-6,9-11H2. The van der Waals surface area contributed by atoms with Gasteiger partial charge >= 0.3 is 0 Å². The summed E-state index contributed by atoms with van der Waals surface area (Å²) in [6, 6.07) is 9.78. The first-order chi connectivity index (χ1) is 8.27. The van der Waals surface area contributed by atoms with Gasteiger partial charge in [0, 0.05) is 0 Å². The Morgan fingerprint density at radius 1 is 1.18 bits per heavy atom. The molecule has 1 aromatic rings. The second-order valence-corrected chi connectivity index (χ2v) is 4.61. The summed E-state index contributed by atoms with van der Waals surface area (Å²) in [5, 5.41) is 12.3. The van der Waals surface area contributed by atoms with Gasteiger partial charge < -0.3 is 0 Å². The summed E-state index contributed by atoms with van der Waals surface area (Å²) in [5.41, 5.74) is 1.01. The molecule has 1 aliphatic carbocycles. The number of rotatable bonds is 4. The Balaban J connectivity index is 2.04. The second-order valence-electron chi connectivity index (χ2n) is 4.61. The largest absolute Gasteiger partial charge is 0.235 e. The van der Waals surface area contributed by atoms with Crippen LogP contribution in [0.3, 0.4) is 0 Å². The van der Waals surface area contributed by atoms with E-state index in [0.717, 1.165) is 31.2 Å². The zero-order valence-corrected chi connectivity index (χ0v) is 9.92. The Kier molecular flexibility index (Phi) is 3.96. The molecule has 0 saturated heterocycles. The van der Waals surface area contributed by atoms with Crippen LogP contribution in [0.2, 0.25) is 0 Å². The van der Waals surface area contributed by atoms with Gasteiger partial charge in [0.1, 0.15) is 6.54 Å². The summed E-state index contributed by atoms with van der Waals surface area (Å²) in [4.78, 5) is 11.1. The normalized spacial score (nSPS) is 16.7. The molecule has 4 heteroatoms. The topological polar surface area (TPSA) is 46.4 Å². The van der Waals surface area contributed by atoms with Crippen LogP contribution in [0.1, 0.15) is 37.7 Å². The Bertz CT molecular complexity index is 361. The monoisotopic (exact) mass is 234 g/mol. The van der Waals surface area contributed by atoms with Crippen molar-refractivity contribution in [2.45, 2.75) is 44.7 Å².